The SMILES string of the molecule is COc1ccc(C(=O)O)cc1OCCOCC(C)C. The highest BCUT2D eigenvalue weighted by atomic mass is 16.5. The van der Waals surface area contributed by atoms with E-state index in [1.54, 1.807) is 6.07 Å². The normalized spacial score (nSPS) is 10.5. The average Bonchev–Trinajstić information content (AvgIpc) is 2.37. The lowest BCUT2D eigenvalue weighted by Gasteiger charge is -2.12. The maximum atomic E-state index is 10.9. The zero-order valence-electron chi connectivity index (χ0n) is 11.5. The molecule has 0 amide bonds. The Balaban J connectivity index is 2.55. The van der Waals surface area contributed by atoms with E-state index in [0.29, 0.717) is 37.2 Å². The Hall–Kier alpha value is -1.75. The van der Waals surface area contributed by atoms with Gasteiger partial charge in [0.25, 0.3) is 0 Å². The van der Waals surface area contributed by atoms with Crippen molar-refractivity contribution in [3.8, 4) is 11.5 Å². The Morgan fingerprint density at radius 1 is 1.26 bits per heavy atom. The molecule has 0 bridgehead atoms. The van der Waals surface area contributed by atoms with Crippen LogP contribution < -0.4 is 9.47 Å². The van der Waals surface area contributed by atoms with Crippen molar-refractivity contribution in [3.63, 3.8) is 0 Å². The van der Waals surface area contributed by atoms with Gasteiger partial charge in [-0.25, -0.2) is 4.79 Å². The predicted octanol–water partition coefficient (Wildman–Crippen LogP) is 2.44. The van der Waals surface area contributed by atoms with Crippen molar-refractivity contribution < 1.29 is 24.1 Å². The molecule has 0 saturated carbocycles. The minimum absolute atomic E-state index is 0.166. The number of aromatic carboxylic acids is 1. The van der Waals surface area contributed by atoms with E-state index in [2.05, 4.69) is 13.8 Å². The van der Waals surface area contributed by atoms with Crippen LogP contribution in [-0.4, -0.2) is 38.0 Å². The molecule has 0 atom stereocenters. The Labute approximate surface area is 113 Å². The molecule has 5 heteroatoms. The molecule has 0 aliphatic carbocycles. The number of benzene rings is 1. The van der Waals surface area contributed by atoms with Crippen LogP contribution in [0.5, 0.6) is 11.5 Å². The highest BCUT2D eigenvalue weighted by Gasteiger charge is 2.10. The fraction of sp³-hybridized carbons (Fsp3) is 0.500. The van der Waals surface area contributed by atoms with Crippen LogP contribution in [0.3, 0.4) is 0 Å². The van der Waals surface area contributed by atoms with E-state index < -0.39 is 5.97 Å². The van der Waals surface area contributed by atoms with E-state index in [1.165, 1.54) is 19.2 Å². The zero-order chi connectivity index (χ0) is 14.3. The molecule has 0 saturated heterocycles. The third-order valence-corrected chi connectivity index (χ3v) is 2.35. The Bertz CT molecular complexity index is 414. The van der Waals surface area contributed by atoms with Gasteiger partial charge in [-0.2, -0.15) is 0 Å². The Kier molecular flexibility index (Phi) is 6.15. The molecule has 0 aliphatic rings. The maximum Gasteiger partial charge on any atom is 0.335 e. The first-order chi connectivity index (χ1) is 9.04. The molecular weight excluding hydrogens is 248 g/mol. The Morgan fingerprint density at radius 3 is 2.58 bits per heavy atom. The van der Waals surface area contributed by atoms with E-state index in [9.17, 15) is 4.79 Å². The molecule has 1 aromatic rings. The number of hydrogen-bond donors (Lipinski definition) is 1. The van der Waals surface area contributed by atoms with E-state index in [-0.39, 0.29) is 5.56 Å². The summed E-state index contributed by atoms with van der Waals surface area (Å²) in [5, 5.41) is 8.92. The standard InChI is InChI=1S/C14H20O5/c1-10(2)9-18-6-7-19-13-8-11(14(15)16)4-5-12(13)17-3/h4-5,8,10H,6-7,9H2,1-3H3,(H,15,16). The second-order valence-electron chi connectivity index (χ2n) is 4.49. The fourth-order valence-corrected chi connectivity index (χ4v) is 1.45. The molecule has 106 valence electrons. The molecule has 0 spiro atoms. The summed E-state index contributed by atoms with van der Waals surface area (Å²) in [6.45, 7) is 5.63. The van der Waals surface area contributed by atoms with E-state index in [4.69, 9.17) is 19.3 Å². The van der Waals surface area contributed by atoms with Gasteiger partial charge in [-0.3, -0.25) is 0 Å². The number of carbonyl (C=O) groups is 1. The molecule has 1 aromatic carbocycles. The lowest BCUT2D eigenvalue weighted by atomic mass is 10.2. The van der Waals surface area contributed by atoms with Crippen molar-refractivity contribution in [1.29, 1.82) is 0 Å². The first kappa shape index (κ1) is 15.3. The number of rotatable bonds is 8. The average molecular weight is 268 g/mol. The number of carboxylic acids is 1. The van der Waals surface area contributed by atoms with Gasteiger partial charge in [0.2, 0.25) is 0 Å². The summed E-state index contributed by atoms with van der Waals surface area (Å²) in [7, 11) is 1.51. The van der Waals surface area contributed by atoms with Gasteiger partial charge in [-0.05, 0) is 24.1 Å². The van der Waals surface area contributed by atoms with Gasteiger partial charge >= 0.3 is 5.97 Å². The van der Waals surface area contributed by atoms with Crippen molar-refractivity contribution >= 4 is 5.97 Å². The molecule has 0 heterocycles. The van der Waals surface area contributed by atoms with E-state index in [1.807, 2.05) is 0 Å². The minimum Gasteiger partial charge on any atom is -0.493 e. The van der Waals surface area contributed by atoms with Gasteiger partial charge in [-0.15, -0.1) is 0 Å². The summed E-state index contributed by atoms with van der Waals surface area (Å²) in [5.74, 6) is 0.401. The number of methoxy groups -OCH3 is 1. The number of ether oxygens (including phenoxy) is 3. The third-order valence-electron chi connectivity index (χ3n) is 2.35. The van der Waals surface area contributed by atoms with Crippen LogP contribution in [0, 0.1) is 5.92 Å². The molecule has 1 N–H and O–H groups in total. The predicted molar refractivity (Wildman–Crippen MR) is 71.1 cm³/mol. The second-order valence-corrected chi connectivity index (χ2v) is 4.49. The van der Waals surface area contributed by atoms with Gasteiger partial charge < -0.3 is 19.3 Å². The topological polar surface area (TPSA) is 65.0 Å². The summed E-state index contributed by atoms with van der Waals surface area (Å²) in [6.07, 6.45) is 0. The first-order valence-electron chi connectivity index (χ1n) is 6.16. The van der Waals surface area contributed by atoms with Crippen molar-refractivity contribution in [3.05, 3.63) is 23.8 Å². The quantitative estimate of drug-likeness (QED) is 0.734. The summed E-state index contributed by atoms with van der Waals surface area (Å²) in [6, 6.07) is 4.50. The smallest absolute Gasteiger partial charge is 0.335 e. The molecule has 0 unspecified atom stereocenters. The molecule has 19 heavy (non-hydrogen) atoms. The molecular formula is C14H20O5. The van der Waals surface area contributed by atoms with Crippen LogP contribution in [0.2, 0.25) is 0 Å². The summed E-state index contributed by atoms with van der Waals surface area (Å²) >= 11 is 0. The van der Waals surface area contributed by atoms with Crippen LogP contribution >= 0.6 is 0 Å². The van der Waals surface area contributed by atoms with Crippen LogP contribution in [0.4, 0.5) is 0 Å². The number of hydrogen-bond acceptors (Lipinski definition) is 4. The molecule has 5 nitrogen and oxygen atoms in total. The van der Waals surface area contributed by atoms with Gasteiger partial charge in [0, 0.05) is 6.61 Å². The van der Waals surface area contributed by atoms with Crippen LogP contribution in [-0.2, 0) is 4.74 Å². The maximum absolute atomic E-state index is 10.9. The van der Waals surface area contributed by atoms with Crippen molar-refractivity contribution in [2.24, 2.45) is 5.92 Å². The third kappa shape index (κ3) is 5.18. The largest absolute Gasteiger partial charge is 0.493 e. The van der Waals surface area contributed by atoms with Gasteiger partial charge in [-0.1, -0.05) is 13.8 Å². The fourth-order valence-electron chi connectivity index (χ4n) is 1.45. The van der Waals surface area contributed by atoms with Crippen LogP contribution in [0.25, 0.3) is 0 Å². The molecule has 0 aromatic heterocycles. The Morgan fingerprint density at radius 2 is 2.00 bits per heavy atom. The second kappa shape index (κ2) is 7.63. The molecule has 0 aliphatic heterocycles. The van der Waals surface area contributed by atoms with Gasteiger partial charge in [0.1, 0.15) is 6.61 Å². The molecule has 0 fully saturated rings. The van der Waals surface area contributed by atoms with Crippen LogP contribution in [0.15, 0.2) is 18.2 Å². The first-order valence-corrected chi connectivity index (χ1v) is 6.16. The molecule has 1 rings (SSSR count). The highest BCUT2D eigenvalue weighted by molar-refractivity contribution is 5.88. The van der Waals surface area contributed by atoms with Gasteiger partial charge in [0.15, 0.2) is 11.5 Å². The number of carboxylic acid groups (broad SMARTS) is 1. The van der Waals surface area contributed by atoms with Crippen molar-refractivity contribution in [1.82, 2.24) is 0 Å². The van der Waals surface area contributed by atoms with Crippen molar-refractivity contribution in [2.75, 3.05) is 26.9 Å². The van der Waals surface area contributed by atoms with Crippen molar-refractivity contribution in [2.45, 2.75) is 13.8 Å². The lowest BCUT2D eigenvalue weighted by Crippen LogP contribution is -2.11. The summed E-state index contributed by atoms with van der Waals surface area (Å²) in [4.78, 5) is 10.9. The molecule has 0 radical (unpaired) electrons. The van der Waals surface area contributed by atoms with E-state index in [0.717, 1.165) is 0 Å². The zero-order valence-corrected chi connectivity index (χ0v) is 11.5. The summed E-state index contributed by atoms with van der Waals surface area (Å²) in [5.41, 5.74) is 0.166. The minimum atomic E-state index is -0.997. The highest BCUT2D eigenvalue weighted by Crippen LogP contribution is 2.27. The van der Waals surface area contributed by atoms with Crippen LogP contribution in [0.1, 0.15) is 24.2 Å². The van der Waals surface area contributed by atoms with Gasteiger partial charge in [0.05, 0.1) is 19.3 Å². The lowest BCUT2D eigenvalue weighted by molar-refractivity contribution is 0.0695. The van der Waals surface area contributed by atoms with E-state index >= 15 is 0 Å². The monoisotopic (exact) mass is 268 g/mol. The summed E-state index contributed by atoms with van der Waals surface area (Å²) < 4.78 is 16.0.